The van der Waals surface area contributed by atoms with Crippen molar-refractivity contribution in [2.24, 2.45) is 0 Å². The molecular weight excluding hydrogens is 332 g/mol. The first-order chi connectivity index (χ1) is 10.2. The SMILES string of the molecule is CCNCc1cc(OCc2cccnc2OC)ccc1Br. The van der Waals surface area contributed by atoms with Crippen molar-refractivity contribution in [2.45, 2.75) is 20.1 Å². The van der Waals surface area contributed by atoms with Crippen molar-refractivity contribution in [3.63, 3.8) is 0 Å². The Morgan fingerprint density at radius 3 is 2.86 bits per heavy atom. The van der Waals surface area contributed by atoms with Crippen LogP contribution in [0.15, 0.2) is 41.0 Å². The molecule has 0 atom stereocenters. The van der Waals surface area contributed by atoms with Gasteiger partial charge in [-0.1, -0.05) is 22.9 Å². The molecule has 0 aliphatic heterocycles. The Kier molecular flexibility index (Phi) is 6.02. The molecule has 2 aromatic rings. The number of ether oxygens (including phenoxy) is 2. The number of aromatic nitrogens is 1. The zero-order chi connectivity index (χ0) is 15.1. The molecule has 1 N–H and O–H groups in total. The number of benzene rings is 1. The second kappa shape index (κ2) is 8.00. The van der Waals surface area contributed by atoms with E-state index in [0.29, 0.717) is 12.5 Å². The lowest BCUT2D eigenvalue weighted by Crippen LogP contribution is -2.12. The molecule has 112 valence electrons. The molecule has 0 unspecified atom stereocenters. The fourth-order valence-electron chi connectivity index (χ4n) is 1.91. The van der Waals surface area contributed by atoms with E-state index in [2.05, 4.69) is 33.2 Å². The molecule has 0 radical (unpaired) electrons. The van der Waals surface area contributed by atoms with Crippen LogP contribution in [0.5, 0.6) is 11.6 Å². The predicted molar refractivity (Wildman–Crippen MR) is 86.6 cm³/mol. The number of nitrogens with one attached hydrogen (secondary N) is 1. The van der Waals surface area contributed by atoms with Gasteiger partial charge in [0.2, 0.25) is 5.88 Å². The van der Waals surface area contributed by atoms with Gasteiger partial charge in [-0.2, -0.15) is 0 Å². The van der Waals surface area contributed by atoms with Crippen LogP contribution < -0.4 is 14.8 Å². The smallest absolute Gasteiger partial charge is 0.219 e. The standard InChI is InChI=1S/C16H19BrN2O2/c1-3-18-10-13-9-14(6-7-15(13)17)21-11-12-5-4-8-19-16(12)20-2/h4-9,18H,3,10-11H2,1-2H3. The zero-order valence-corrected chi connectivity index (χ0v) is 13.8. The van der Waals surface area contributed by atoms with Crippen molar-refractivity contribution in [1.29, 1.82) is 0 Å². The van der Waals surface area contributed by atoms with Gasteiger partial charge in [0.1, 0.15) is 12.4 Å². The molecule has 5 heteroatoms. The van der Waals surface area contributed by atoms with Gasteiger partial charge in [-0.3, -0.25) is 0 Å². The summed E-state index contributed by atoms with van der Waals surface area (Å²) in [5.74, 6) is 1.43. The van der Waals surface area contributed by atoms with E-state index in [1.807, 2.05) is 30.3 Å². The highest BCUT2D eigenvalue weighted by Crippen LogP contribution is 2.24. The van der Waals surface area contributed by atoms with Gasteiger partial charge in [0.05, 0.1) is 12.7 Å². The van der Waals surface area contributed by atoms with Gasteiger partial charge in [0.25, 0.3) is 0 Å². The Balaban J connectivity index is 2.06. The predicted octanol–water partition coefficient (Wildman–Crippen LogP) is 3.54. The van der Waals surface area contributed by atoms with Gasteiger partial charge >= 0.3 is 0 Å². The monoisotopic (exact) mass is 350 g/mol. The highest BCUT2D eigenvalue weighted by molar-refractivity contribution is 9.10. The zero-order valence-electron chi connectivity index (χ0n) is 12.2. The van der Waals surface area contributed by atoms with Crippen LogP contribution in [-0.4, -0.2) is 18.6 Å². The first kappa shape index (κ1) is 15.8. The molecule has 0 aliphatic rings. The van der Waals surface area contributed by atoms with Crippen molar-refractivity contribution < 1.29 is 9.47 Å². The number of hydrogen-bond donors (Lipinski definition) is 1. The van der Waals surface area contributed by atoms with Gasteiger partial charge in [0, 0.05) is 17.2 Å². The number of halogens is 1. The van der Waals surface area contributed by atoms with Gasteiger partial charge in [-0.15, -0.1) is 0 Å². The summed E-state index contributed by atoms with van der Waals surface area (Å²) in [6, 6.07) is 9.81. The van der Waals surface area contributed by atoms with E-state index in [1.54, 1.807) is 13.3 Å². The molecule has 0 saturated carbocycles. The largest absolute Gasteiger partial charge is 0.489 e. The van der Waals surface area contributed by atoms with Crippen LogP contribution in [0.3, 0.4) is 0 Å². The normalized spacial score (nSPS) is 10.4. The summed E-state index contributed by atoms with van der Waals surface area (Å²) in [6.45, 7) is 4.26. The van der Waals surface area contributed by atoms with Crippen molar-refractivity contribution in [3.05, 3.63) is 52.1 Å². The molecule has 21 heavy (non-hydrogen) atoms. The van der Waals surface area contributed by atoms with E-state index in [-0.39, 0.29) is 0 Å². The molecule has 0 amide bonds. The summed E-state index contributed by atoms with van der Waals surface area (Å²) >= 11 is 3.55. The highest BCUT2D eigenvalue weighted by atomic mass is 79.9. The second-order valence-electron chi connectivity index (χ2n) is 4.49. The lowest BCUT2D eigenvalue weighted by Gasteiger charge is -2.11. The quantitative estimate of drug-likeness (QED) is 0.829. The summed E-state index contributed by atoms with van der Waals surface area (Å²) in [4.78, 5) is 4.16. The maximum Gasteiger partial charge on any atom is 0.219 e. The van der Waals surface area contributed by atoms with E-state index in [0.717, 1.165) is 28.9 Å². The minimum Gasteiger partial charge on any atom is -0.489 e. The summed E-state index contributed by atoms with van der Waals surface area (Å²) < 4.78 is 12.1. The molecule has 2 rings (SSSR count). The third-order valence-corrected chi connectivity index (χ3v) is 3.79. The van der Waals surface area contributed by atoms with E-state index in [4.69, 9.17) is 9.47 Å². The van der Waals surface area contributed by atoms with E-state index >= 15 is 0 Å². The fraction of sp³-hybridized carbons (Fsp3) is 0.312. The van der Waals surface area contributed by atoms with Gasteiger partial charge in [-0.25, -0.2) is 4.98 Å². The lowest BCUT2D eigenvalue weighted by molar-refractivity contribution is 0.293. The van der Waals surface area contributed by atoms with Crippen molar-refractivity contribution >= 4 is 15.9 Å². The molecule has 0 fully saturated rings. The van der Waals surface area contributed by atoms with Crippen LogP contribution in [0.25, 0.3) is 0 Å². The van der Waals surface area contributed by atoms with Crippen molar-refractivity contribution in [3.8, 4) is 11.6 Å². The molecule has 1 aromatic carbocycles. The van der Waals surface area contributed by atoms with E-state index < -0.39 is 0 Å². The Bertz CT molecular complexity index is 590. The maximum atomic E-state index is 5.84. The number of rotatable bonds is 7. The molecule has 1 aromatic heterocycles. The third-order valence-electron chi connectivity index (χ3n) is 3.02. The van der Waals surface area contributed by atoms with Crippen molar-refractivity contribution in [2.75, 3.05) is 13.7 Å². The second-order valence-corrected chi connectivity index (χ2v) is 5.35. The maximum absolute atomic E-state index is 5.84. The van der Waals surface area contributed by atoms with Crippen LogP contribution in [0.2, 0.25) is 0 Å². The van der Waals surface area contributed by atoms with Crippen LogP contribution >= 0.6 is 15.9 Å². The molecule has 0 saturated heterocycles. The number of nitrogens with zero attached hydrogens (tertiary/aromatic N) is 1. The number of methoxy groups -OCH3 is 1. The Hall–Kier alpha value is -1.59. The molecule has 4 nitrogen and oxygen atoms in total. The molecule has 0 aliphatic carbocycles. The van der Waals surface area contributed by atoms with Gasteiger partial charge < -0.3 is 14.8 Å². The number of hydrogen-bond acceptors (Lipinski definition) is 4. The fourth-order valence-corrected chi connectivity index (χ4v) is 2.30. The minimum absolute atomic E-state index is 0.430. The summed E-state index contributed by atoms with van der Waals surface area (Å²) in [5, 5.41) is 3.31. The van der Waals surface area contributed by atoms with Crippen LogP contribution in [-0.2, 0) is 13.2 Å². The molecule has 0 bridgehead atoms. The van der Waals surface area contributed by atoms with E-state index in [1.165, 1.54) is 5.56 Å². The molecular formula is C16H19BrN2O2. The summed E-state index contributed by atoms with van der Waals surface area (Å²) in [7, 11) is 1.61. The topological polar surface area (TPSA) is 43.4 Å². The molecule has 0 spiro atoms. The van der Waals surface area contributed by atoms with E-state index in [9.17, 15) is 0 Å². The Labute approximate surface area is 133 Å². The van der Waals surface area contributed by atoms with Crippen LogP contribution in [0.4, 0.5) is 0 Å². The van der Waals surface area contributed by atoms with Crippen molar-refractivity contribution in [1.82, 2.24) is 10.3 Å². The van der Waals surface area contributed by atoms with Gasteiger partial charge in [-0.05, 0) is 42.4 Å². The Morgan fingerprint density at radius 2 is 2.10 bits per heavy atom. The third kappa shape index (κ3) is 4.44. The molecule has 1 heterocycles. The summed E-state index contributed by atoms with van der Waals surface area (Å²) in [5.41, 5.74) is 2.10. The highest BCUT2D eigenvalue weighted by Gasteiger charge is 2.06. The number of pyridine rings is 1. The Morgan fingerprint density at radius 1 is 1.24 bits per heavy atom. The summed E-state index contributed by atoms with van der Waals surface area (Å²) in [6.07, 6.45) is 1.70. The van der Waals surface area contributed by atoms with Gasteiger partial charge in [0.15, 0.2) is 0 Å². The average molecular weight is 351 g/mol. The average Bonchev–Trinajstić information content (AvgIpc) is 2.53. The lowest BCUT2D eigenvalue weighted by atomic mass is 10.2. The van der Waals surface area contributed by atoms with Crippen LogP contribution in [0.1, 0.15) is 18.1 Å². The first-order valence-corrected chi connectivity index (χ1v) is 7.63. The first-order valence-electron chi connectivity index (χ1n) is 6.84. The van der Waals surface area contributed by atoms with Crippen LogP contribution in [0, 0.1) is 0 Å². The minimum atomic E-state index is 0.430.